The summed E-state index contributed by atoms with van der Waals surface area (Å²) in [5.74, 6) is -2.23. The molecular formula is C12H16N2O3S. The van der Waals surface area contributed by atoms with Crippen LogP contribution in [-0.4, -0.2) is 22.0 Å². The maximum absolute atomic E-state index is 12.0. The van der Waals surface area contributed by atoms with Gasteiger partial charge in [0, 0.05) is 4.88 Å². The number of carboxylic acid groups (broad SMARTS) is 1. The Morgan fingerprint density at radius 3 is 2.33 bits per heavy atom. The van der Waals surface area contributed by atoms with Crippen LogP contribution in [0.25, 0.3) is 0 Å². The highest BCUT2D eigenvalue weighted by Gasteiger charge is 2.65. The molecule has 18 heavy (non-hydrogen) atoms. The molecule has 2 N–H and O–H groups in total. The number of amides is 1. The molecule has 1 aliphatic carbocycles. The molecule has 1 aromatic rings. The topological polar surface area (TPSA) is 79.3 Å². The van der Waals surface area contributed by atoms with Gasteiger partial charge in [-0.25, -0.2) is 4.98 Å². The standard InChI is InChI=1S/C12H16N2O3S/c1-5-6(2)18-11(13-5)14-9(15)7-8(10(16)17)12(7,3)4/h7-8H,1-4H3,(H,16,17)(H,13,14,15). The van der Waals surface area contributed by atoms with Gasteiger partial charge in [-0.15, -0.1) is 11.3 Å². The minimum atomic E-state index is -0.911. The molecule has 2 unspecified atom stereocenters. The molecule has 1 aromatic heterocycles. The normalized spacial score (nSPS) is 24.7. The molecule has 0 aliphatic heterocycles. The lowest BCUT2D eigenvalue weighted by Gasteiger charge is -2.02. The average molecular weight is 268 g/mol. The summed E-state index contributed by atoms with van der Waals surface area (Å²) in [6.45, 7) is 7.41. The molecule has 98 valence electrons. The smallest absolute Gasteiger partial charge is 0.307 e. The number of aliphatic carboxylic acids is 1. The lowest BCUT2D eigenvalue weighted by molar-refractivity contribution is -0.140. The Hall–Kier alpha value is -1.43. The van der Waals surface area contributed by atoms with Crippen LogP contribution in [0, 0.1) is 31.1 Å². The second-order valence-electron chi connectivity index (χ2n) is 5.26. The molecule has 6 heteroatoms. The molecule has 1 heterocycles. The number of carboxylic acids is 1. The Morgan fingerprint density at radius 2 is 1.94 bits per heavy atom. The zero-order valence-corrected chi connectivity index (χ0v) is 11.6. The van der Waals surface area contributed by atoms with Crippen LogP contribution in [0.4, 0.5) is 5.13 Å². The number of aromatic nitrogens is 1. The minimum absolute atomic E-state index is 0.249. The van der Waals surface area contributed by atoms with Crippen LogP contribution in [0.2, 0.25) is 0 Å². The minimum Gasteiger partial charge on any atom is -0.481 e. The summed E-state index contributed by atoms with van der Waals surface area (Å²) in [6.07, 6.45) is 0. The number of thiazole rings is 1. The molecule has 5 nitrogen and oxygen atoms in total. The van der Waals surface area contributed by atoms with Crippen molar-refractivity contribution in [3.05, 3.63) is 10.6 Å². The maximum atomic E-state index is 12.0. The number of nitrogens with zero attached hydrogens (tertiary/aromatic N) is 1. The van der Waals surface area contributed by atoms with E-state index in [1.807, 2.05) is 13.8 Å². The SMILES string of the molecule is Cc1nc(NC(=O)C2C(C(=O)O)C2(C)C)sc1C. The Labute approximate surface area is 109 Å². The molecule has 1 amide bonds. The first-order chi connectivity index (χ1) is 8.25. The fourth-order valence-corrected chi connectivity index (χ4v) is 3.11. The number of rotatable bonds is 3. The summed E-state index contributed by atoms with van der Waals surface area (Å²) < 4.78 is 0. The van der Waals surface area contributed by atoms with E-state index in [9.17, 15) is 9.59 Å². The van der Waals surface area contributed by atoms with Crippen molar-refractivity contribution in [1.29, 1.82) is 0 Å². The molecule has 1 fully saturated rings. The van der Waals surface area contributed by atoms with E-state index in [0.29, 0.717) is 5.13 Å². The van der Waals surface area contributed by atoms with Gasteiger partial charge in [-0.05, 0) is 19.3 Å². The van der Waals surface area contributed by atoms with Gasteiger partial charge in [0.1, 0.15) is 0 Å². The van der Waals surface area contributed by atoms with Crippen LogP contribution in [0.3, 0.4) is 0 Å². The lowest BCUT2D eigenvalue weighted by Crippen LogP contribution is -2.17. The van der Waals surface area contributed by atoms with Crippen molar-refractivity contribution in [2.75, 3.05) is 5.32 Å². The fraction of sp³-hybridized carbons (Fsp3) is 0.583. The summed E-state index contributed by atoms with van der Waals surface area (Å²) in [5, 5.41) is 12.3. The Balaban J connectivity index is 2.08. The van der Waals surface area contributed by atoms with Gasteiger partial charge in [0.05, 0.1) is 17.5 Å². The number of aryl methyl sites for hydroxylation is 2. The van der Waals surface area contributed by atoms with E-state index in [2.05, 4.69) is 10.3 Å². The van der Waals surface area contributed by atoms with Gasteiger partial charge in [0.15, 0.2) is 5.13 Å². The summed E-state index contributed by atoms with van der Waals surface area (Å²) in [4.78, 5) is 28.3. The third-order valence-electron chi connectivity index (χ3n) is 3.63. The second-order valence-corrected chi connectivity index (χ2v) is 6.47. The largest absolute Gasteiger partial charge is 0.481 e. The van der Waals surface area contributed by atoms with E-state index < -0.39 is 23.2 Å². The van der Waals surface area contributed by atoms with Gasteiger partial charge >= 0.3 is 5.97 Å². The first-order valence-electron chi connectivity index (χ1n) is 5.73. The van der Waals surface area contributed by atoms with Crippen molar-refractivity contribution in [2.45, 2.75) is 27.7 Å². The molecule has 2 rings (SSSR count). The Bertz CT molecular complexity index is 502. The number of carbonyl (C=O) groups excluding carboxylic acids is 1. The van der Waals surface area contributed by atoms with Crippen molar-refractivity contribution >= 4 is 28.3 Å². The Kier molecular flexibility index (Phi) is 2.93. The van der Waals surface area contributed by atoms with Crippen LogP contribution in [0.15, 0.2) is 0 Å². The van der Waals surface area contributed by atoms with Crippen molar-refractivity contribution in [1.82, 2.24) is 4.98 Å². The molecule has 0 bridgehead atoms. The number of nitrogens with one attached hydrogen (secondary N) is 1. The fourth-order valence-electron chi connectivity index (χ4n) is 2.30. The summed E-state index contributed by atoms with van der Waals surface area (Å²) >= 11 is 1.41. The molecular weight excluding hydrogens is 252 g/mol. The van der Waals surface area contributed by atoms with E-state index in [0.717, 1.165) is 10.6 Å². The number of hydrogen-bond donors (Lipinski definition) is 2. The zero-order chi connectivity index (χ0) is 13.7. The van der Waals surface area contributed by atoms with Gasteiger partial charge in [0.2, 0.25) is 5.91 Å². The number of carbonyl (C=O) groups is 2. The third-order valence-corrected chi connectivity index (χ3v) is 4.62. The molecule has 0 saturated heterocycles. The van der Waals surface area contributed by atoms with E-state index in [1.54, 1.807) is 13.8 Å². The highest BCUT2D eigenvalue weighted by Crippen LogP contribution is 2.58. The van der Waals surface area contributed by atoms with Crippen molar-refractivity contribution < 1.29 is 14.7 Å². The van der Waals surface area contributed by atoms with Gasteiger partial charge in [0.25, 0.3) is 0 Å². The van der Waals surface area contributed by atoms with E-state index in [-0.39, 0.29) is 5.91 Å². The first-order valence-corrected chi connectivity index (χ1v) is 6.54. The highest BCUT2D eigenvalue weighted by molar-refractivity contribution is 7.15. The lowest BCUT2D eigenvalue weighted by atomic mass is 10.1. The van der Waals surface area contributed by atoms with Crippen LogP contribution in [-0.2, 0) is 9.59 Å². The summed E-state index contributed by atoms with van der Waals surface area (Å²) in [5.41, 5.74) is 0.414. The van der Waals surface area contributed by atoms with Gasteiger partial charge in [-0.1, -0.05) is 13.8 Å². The van der Waals surface area contributed by atoms with E-state index in [4.69, 9.17) is 5.11 Å². The highest BCUT2D eigenvalue weighted by atomic mass is 32.1. The van der Waals surface area contributed by atoms with E-state index in [1.165, 1.54) is 11.3 Å². The van der Waals surface area contributed by atoms with Crippen molar-refractivity contribution in [3.8, 4) is 0 Å². The van der Waals surface area contributed by atoms with Gasteiger partial charge in [-0.3, -0.25) is 9.59 Å². The number of hydrogen-bond acceptors (Lipinski definition) is 4. The number of anilines is 1. The molecule has 0 aromatic carbocycles. The molecule has 2 atom stereocenters. The molecule has 1 aliphatic rings. The first kappa shape index (κ1) is 13.0. The molecule has 0 radical (unpaired) electrons. The van der Waals surface area contributed by atoms with Gasteiger partial charge in [-0.2, -0.15) is 0 Å². The molecule has 1 saturated carbocycles. The van der Waals surface area contributed by atoms with Crippen molar-refractivity contribution in [3.63, 3.8) is 0 Å². The predicted molar refractivity (Wildman–Crippen MR) is 68.6 cm³/mol. The second kappa shape index (κ2) is 4.05. The predicted octanol–water partition coefficient (Wildman–Crippen LogP) is 2.06. The van der Waals surface area contributed by atoms with Crippen molar-refractivity contribution in [2.24, 2.45) is 17.3 Å². The average Bonchev–Trinajstić information content (AvgIpc) is 2.67. The quantitative estimate of drug-likeness (QED) is 0.879. The molecule has 0 spiro atoms. The maximum Gasteiger partial charge on any atom is 0.307 e. The van der Waals surface area contributed by atoms with Crippen LogP contribution < -0.4 is 5.32 Å². The zero-order valence-electron chi connectivity index (χ0n) is 10.8. The Morgan fingerprint density at radius 1 is 1.33 bits per heavy atom. The van der Waals surface area contributed by atoms with Crippen LogP contribution >= 0.6 is 11.3 Å². The monoisotopic (exact) mass is 268 g/mol. The van der Waals surface area contributed by atoms with Gasteiger partial charge < -0.3 is 10.4 Å². The summed E-state index contributed by atoms with van der Waals surface area (Å²) in [7, 11) is 0. The van der Waals surface area contributed by atoms with Crippen LogP contribution in [0.5, 0.6) is 0 Å². The van der Waals surface area contributed by atoms with Crippen LogP contribution in [0.1, 0.15) is 24.4 Å². The summed E-state index contributed by atoms with van der Waals surface area (Å²) in [6, 6.07) is 0. The van der Waals surface area contributed by atoms with E-state index >= 15 is 0 Å². The third kappa shape index (κ3) is 2.01.